The minimum Gasteiger partial charge on any atom is -0.432 e. The van der Waals surface area contributed by atoms with Gasteiger partial charge in [0.2, 0.25) is 6.29 Å². The average molecular weight is 909 g/mol. The lowest BCUT2D eigenvalue weighted by atomic mass is 9.45. The van der Waals surface area contributed by atoms with Crippen LogP contribution in [-0.4, -0.2) is 215 Å². The lowest BCUT2D eigenvalue weighted by molar-refractivity contribution is -0.366. The van der Waals surface area contributed by atoms with Crippen molar-refractivity contribution < 1.29 is 104 Å². The molecule has 4 saturated heterocycles. The molecule has 362 valence electrons. The summed E-state index contributed by atoms with van der Waals surface area (Å²) in [6, 6.07) is 0. The molecular formula is C42H68O21. The topological polar surface area (TPSA) is 345 Å². The summed E-state index contributed by atoms with van der Waals surface area (Å²) < 4.78 is 41.5. The van der Waals surface area contributed by atoms with Crippen molar-refractivity contribution in [2.75, 3.05) is 26.4 Å². The number of esters is 1. The van der Waals surface area contributed by atoms with Gasteiger partial charge in [-0.15, -0.1) is 0 Å². The normalized spacial score (nSPS) is 53.2. The number of fused-ring (bicyclic) bond motifs is 3. The first-order chi connectivity index (χ1) is 29.8. The lowest BCUT2D eigenvalue weighted by Gasteiger charge is -2.59. The molecule has 21 nitrogen and oxygen atoms in total. The second kappa shape index (κ2) is 19.6. The van der Waals surface area contributed by atoms with E-state index < -0.39 is 166 Å². The Morgan fingerprint density at radius 1 is 0.651 bits per heavy atom. The van der Waals surface area contributed by atoms with Gasteiger partial charge >= 0.3 is 5.97 Å². The fraction of sp³-hybridized carbons (Fsp3) is 0.929. The molecule has 0 aromatic carbocycles. The molecule has 7 aliphatic rings. The van der Waals surface area contributed by atoms with Gasteiger partial charge in [0.05, 0.1) is 37.9 Å². The predicted octanol–water partition coefficient (Wildman–Crippen LogP) is -4.35. The fourth-order valence-electron chi connectivity index (χ4n) is 12.2. The summed E-state index contributed by atoms with van der Waals surface area (Å²) in [7, 11) is 0. The second-order valence-corrected chi connectivity index (χ2v) is 19.4. The van der Waals surface area contributed by atoms with Crippen molar-refractivity contribution >= 4 is 5.97 Å². The highest BCUT2D eigenvalue weighted by Crippen LogP contribution is 2.64. The first kappa shape index (κ1) is 49.4. The van der Waals surface area contributed by atoms with Crippen molar-refractivity contribution in [1.82, 2.24) is 0 Å². The van der Waals surface area contributed by atoms with E-state index in [-0.39, 0.29) is 17.8 Å². The maximum Gasteiger partial charge on any atom is 0.314 e. The highest BCUT2D eigenvalue weighted by atomic mass is 16.7. The predicted molar refractivity (Wildman–Crippen MR) is 209 cm³/mol. The standard InChI is InChI=1S/C42H68O21/c1-16-11-17-5-8-24-41(2,9-4-10-42(24,3)40(56)63-39-33(55)30(52)27(49)22(13-44)60-39)19(17)7-6-18(16)34-36(62-37-31(53)25(47)20(46)15-57-37)35(28(50)23(14-45)58-34)61-38-32(54)29(51)26(48)21(12-43)59-38/h17-39,43-55H,1,4-15H2,2-3H3/t17?,18?,19-,20?,21?,22?,23?,24?,25?,26?,27?,28?,29?,30?,31?,32?,33?,34?,35?,36?,37?,38?,39?,41+,42-/m1/s1. The van der Waals surface area contributed by atoms with Gasteiger partial charge in [0.15, 0.2) is 12.6 Å². The molecule has 3 aliphatic carbocycles. The molecule has 0 spiro atoms. The van der Waals surface area contributed by atoms with Crippen LogP contribution in [0.25, 0.3) is 0 Å². The molecule has 7 rings (SSSR count). The van der Waals surface area contributed by atoms with E-state index in [2.05, 4.69) is 13.5 Å². The minimum absolute atomic E-state index is 0.0289. The summed E-state index contributed by atoms with van der Waals surface area (Å²) in [5, 5.41) is 137. The smallest absolute Gasteiger partial charge is 0.314 e. The number of aliphatic hydroxyl groups excluding tert-OH is 13. The van der Waals surface area contributed by atoms with E-state index in [1.165, 1.54) is 0 Å². The Morgan fingerprint density at radius 3 is 1.86 bits per heavy atom. The second-order valence-electron chi connectivity index (χ2n) is 19.4. The van der Waals surface area contributed by atoms with Crippen LogP contribution in [0.4, 0.5) is 0 Å². The van der Waals surface area contributed by atoms with Crippen molar-refractivity contribution in [2.24, 2.45) is 34.5 Å². The molecule has 3 saturated carbocycles. The van der Waals surface area contributed by atoms with Gasteiger partial charge in [-0.3, -0.25) is 4.79 Å². The molecule has 4 heterocycles. The maximum absolute atomic E-state index is 14.2. The number of ether oxygens (including phenoxy) is 7. The van der Waals surface area contributed by atoms with Crippen LogP contribution in [0, 0.1) is 34.5 Å². The molecule has 0 radical (unpaired) electrons. The van der Waals surface area contributed by atoms with E-state index in [1.807, 2.05) is 6.92 Å². The Hall–Kier alpha value is -1.55. The third-order valence-electron chi connectivity index (χ3n) is 15.8. The van der Waals surface area contributed by atoms with Gasteiger partial charge in [-0.2, -0.15) is 0 Å². The Morgan fingerprint density at radius 2 is 1.22 bits per heavy atom. The van der Waals surface area contributed by atoms with Crippen molar-refractivity contribution in [3.63, 3.8) is 0 Å². The third-order valence-corrected chi connectivity index (χ3v) is 15.8. The third kappa shape index (κ3) is 9.00. The zero-order chi connectivity index (χ0) is 45.9. The Bertz CT molecular complexity index is 1570. The number of rotatable bonds is 10. The van der Waals surface area contributed by atoms with Gasteiger partial charge < -0.3 is 99.5 Å². The molecule has 25 atom stereocenters. The largest absolute Gasteiger partial charge is 0.432 e. The van der Waals surface area contributed by atoms with Crippen LogP contribution in [0.1, 0.15) is 65.2 Å². The SMILES string of the molecule is C=C1CC2CCC3[C@](C)(C(=O)OC4OC(CO)C(O)C(O)C4O)CCC[C@@]3(C)[C@@H]2CCC1C1OC(CO)C(O)C(OC2OC(CO)C(O)C(O)C2O)C1OC1OCC(O)C(O)C1O. The Kier molecular flexibility index (Phi) is 15.3. The fourth-order valence-corrected chi connectivity index (χ4v) is 12.2. The quantitative estimate of drug-likeness (QED) is 0.0728. The average Bonchev–Trinajstić information content (AvgIpc) is 3.43. The molecule has 0 amide bonds. The van der Waals surface area contributed by atoms with Crippen molar-refractivity contribution in [1.29, 1.82) is 0 Å². The number of carbonyl (C=O) groups excluding carboxylic acids is 1. The van der Waals surface area contributed by atoms with Gasteiger partial charge in [-0.05, 0) is 75.0 Å². The summed E-state index contributed by atoms with van der Waals surface area (Å²) in [4.78, 5) is 14.2. The summed E-state index contributed by atoms with van der Waals surface area (Å²) >= 11 is 0. The zero-order valence-electron chi connectivity index (χ0n) is 35.6. The van der Waals surface area contributed by atoms with Gasteiger partial charge in [0, 0.05) is 5.92 Å². The number of hydrogen-bond donors (Lipinski definition) is 13. The van der Waals surface area contributed by atoms with E-state index in [9.17, 15) is 71.2 Å². The van der Waals surface area contributed by atoms with E-state index in [4.69, 9.17) is 33.2 Å². The molecule has 0 aromatic heterocycles. The summed E-state index contributed by atoms with van der Waals surface area (Å²) in [6.07, 6.45) is -25.4. The number of carbonyl (C=O) groups is 1. The number of hydrogen-bond acceptors (Lipinski definition) is 21. The molecule has 63 heavy (non-hydrogen) atoms. The molecule has 4 aliphatic heterocycles. The molecule has 21 heteroatoms. The van der Waals surface area contributed by atoms with E-state index in [0.717, 1.165) is 12.0 Å². The van der Waals surface area contributed by atoms with Crippen molar-refractivity contribution in [3.8, 4) is 0 Å². The van der Waals surface area contributed by atoms with Crippen LogP contribution in [0.5, 0.6) is 0 Å². The van der Waals surface area contributed by atoms with Crippen LogP contribution in [0.15, 0.2) is 12.2 Å². The molecule has 22 unspecified atom stereocenters. The van der Waals surface area contributed by atoms with Gasteiger partial charge in [0.1, 0.15) is 91.6 Å². The van der Waals surface area contributed by atoms with Gasteiger partial charge in [-0.25, -0.2) is 0 Å². The lowest BCUT2D eigenvalue weighted by Crippen LogP contribution is -2.67. The van der Waals surface area contributed by atoms with Crippen LogP contribution in [0.3, 0.4) is 0 Å². The Balaban J connectivity index is 1.16. The van der Waals surface area contributed by atoms with Gasteiger partial charge in [0.25, 0.3) is 0 Å². The zero-order valence-corrected chi connectivity index (χ0v) is 35.6. The van der Waals surface area contributed by atoms with Crippen LogP contribution >= 0.6 is 0 Å². The highest BCUT2D eigenvalue weighted by molar-refractivity contribution is 5.77. The first-order valence-corrected chi connectivity index (χ1v) is 22.2. The van der Waals surface area contributed by atoms with Crippen LogP contribution in [0.2, 0.25) is 0 Å². The summed E-state index contributed by atoms with van der Waals surface area (Å²) in [5.41, 5.74) is -0.717. The molecule has 7 fully saturated rings. The monoisotopic (exact) mass is 908 g/mol. The summed E-state index contributed by atoms with van der Waals surface area (Å²) in [6.45, 7) is 5.92. The van der Waals surface area contributed by atoms with E-state index in [0.29, 0.717) is 44.9 Å². The Labute approximate surface area is 364 Å². The molecule has 0 bridgehead atoms. The van der Waals surface area contributed by atoms with Crippen LogP contribution < -0.4 is 0 Å². The van der Waals surface area contributed by atoms with E-state index >= 15 is 0 Å². The van der Waals surface area contributed by atoms with Crippen LogP contribution in [-0.2, 0) is 38.0 Å². The summed E-state index contributed by atoms with van der Waals surface area (Å²) in [5.74, 6) is -1.28. The van der Waals surface area contributed by atoms with Crippen molar-refractivity contribution in [2.45, 2.75) is 182 Å². The van der Waals surface area contributed by atoms with E-state index in [1.54, 1.807) is 0 Å². The first-order valence-electron chi connectivity index (χ1n) is 22.2. The number of aliphatic hydroxyl groups is 13. The highest BCUT2D eigenvalue weighted by Gasteiger charge is 2.62. The van der Waals surface area contributed by atoms with Gasteiger partial charge in [-0.1, -0.05) is 25.5 Å². The molecular weight excluding hydrogens is 840 g/mol. The molecule has 0 aromatic rings. The van der Waals surface area contributed by atoms with Crippen molar-refractivity contribution in [3.05, 3.63) is 12.2 Å². The molecule has 13 N–H and O–H groups in total. The minimum atomic E-state index is -1.89. The maximum atomic E-state index is 14.2.